The molecule has 2 aromatic carbocycles. The zero-order valence-electron chi connectivity index (χ0n) is 12.8. The largest absolute Gasteiger partial charge is 0.396 e. The fourth-order valence-corrected chi connectivity index (χ4v) is 2.47. The average Bonchev–Trinajstić information content (AvgIpc) is 2.58. The molecule has 0 amide bonds. The van der Waals surface area contributed by atoms with Crippen LogP contribution >= 0.6 is 0 Å². The zero-order valence-corrected chi connectivity index (χ0v) is 12.8. The first kappa shape index (κ1) is 14.8. The third-order valence-corrected chi connectivity index (χ3v) is 3.62. The molecule has 23 heavy (non-hydrogen) atoms. The summed E-state index contributed by atoms with van der Waals surface area (Å²) in [5.74, 6) is 0.612. The van der Waals surface area contributed by atoms with Crippen LogP contribution in [-0.2, 0) is 0 Å². The first-order valence-corrected chi connectivity index (χ1v) is 7.33. The lowest BCUT2D eigenvalue weighted by Crippen LogP contribution is -2.01. The number of nitrogens with two attached hydrogens (primary N) is 1. The average molecular weight is 303 g/mol. The van der Waals surface area contributed by atoms with E-state index in [1.54, 1.807) is 6.07 Å². The first-order valence-electron chi connectivity index (χ1n) is 7.33. The van der Waals surface area contributed by atoms with Gasteiger partial charge in [0.05, 0.1) is 5.69 Å². The highest BCUT2D eigenvalue weighted by Crippen LogP contribution is 2.32. The van der Waals surface area contributed by atoms with Gasteiger partial charge >= 0.3 is 0 Å². The Morgan fingerprint density at radius 1 is 0.957 bits per heavy atom. The summed E-state index contributed by atoms with van der Waals surface area (Å²) in [6.45, 7) is 1.91. The lowest BCUT2D eigenvalue weighted by molar-refractivity contribution is 0.112. The standard InChI is InChI=1S/C19H17N3O/c1-13-10-11-17(20)19(21-13)22-18-9-5-4-8-16(18)15-7-3-2-6-14(15)12-23/h2-12H,20H2,1H3,(H,21,22). The van der Waals surface area contributed by atoms with Gasteiger partial charge in [0.1, 0.15) is 0 Å². The number of nitrogen functional groups attached to an aromatic ring is 1. The Bertz CT molecular complexity index is 859. The van der Waals surface area contributed by atoms with Gasteiger partial charge in [-0.05, 0) is 30.7 Å². The van der Waals surface area contributed by atoms with Crippen molar-refractivity contribution in [3.05, 3.63) is 71.9 Å². The van der Waals surface area contributed by atoms with Gasteiger partial charge in [0.25, 0.3) is 0 Å². The molecule has 0 aliphatic heterocycles. The molecule has 0 bridgehead atoms. The van der Waals surface area contributed by atoms with Gasteiger partial charge in [-0.1, -0.05) is 42.5 Å². The number of nitrogens with one attached hydrogen (secondary N) is 1. The minimum atomic E-state index is 0.578. The summed E-state index contributed by atoms with van der Waals surface area (Å²) in [6.07, 6.45) is 0.866. The van der Waals surface area contributed by atoms with E-state index in [4.69, 9.17) is 5.73 Å². The minimum absolute atomic E-state index is 0.578. The van der Waals surface area contributed by atoms with Gasteiger partial charge in [0, 0.05) is 22.5 Å². The van der Waals surface area contributed by atoms with Crippen LogP contribution in [-0.4, -0.2) is 11.3 Å². The third kappa shape index (κ3) is 3.06. The van der Waals surface area contributed by atoms with Crippen LogP contribution < -0.4 is 11.1 Å². The second-order valence-electron chi connectivity index (χ2n) is 5.27. The molecule has 0 atom stereocenters. The number of nitrogens with zero attached hydrogens (tertiary/aromatic N) is 1. The van der Waals surface area contributed by atoms with E-state index in [1.165, 1.54) is 0 Å². The second kappa shape index (κ2) is 6.32. The Kier molecular flexibility index (Phi) is 4.06. The van der Waals surface area contributed by atoms with Crippen LogP contribution in [0.25, 0.3) is 11.1 Å². The zero-order chi connectivity index (χ0) is 16.2. The highest BCUT2D eigenvalue weighted by Gasteiger charge is 2.10. The smallest absolute Gasteiger partial charge is 0.153 e. The molecule has 0 radical (unpaired) electrons. The number of pyridine rings is 1. The second-order valence-corrected chi connectivity index (χ2v) is 5.27. The van der Waals surface area contributed by atoms with Crippen molar-refractivity contribution in [1.29, 1.82) is 0 Å². The maximum Gasteiger partial charge on any atom is 0.153 e. The lowest BCUT2D eigenvalue weighted by Gasteiger charge is -2.14. The molecule has 0 saturated heterocycles. The van der Waals surface area contributed by atoms with Crippen molar-refractivity contribution in [2.24, 2.45) is 0 Å². The number of benzene rings is 2. The number of hydrogen-bond donors (Lipinski definition) is 2. The predicted molar refractivity (Wildman–Crippen MR) is 93.9 cm³/mol. The van der Waals surface area contributed by atoms with Gasteiger partial charge in [-0.2, -0.15) is 0 Å². The number of carbonyl (C=O) groups excluding carboxylic acids is 1. The van der Waals surface area contributed by atoms with Crippen LogP contribution in [0.2, 0.25) is 0 Å². The summed E-state index contributed by atoms with van der Waals surface area (Å²) in [5.41, 5.74) is 10.8. The van der Waals surface area contributed by atoms with Gasteiger partial charge < -0.3 is 11.1 Å². The summed E-state index contributed by atoms with van der Waals surface area (Å²) in [5, 5.41) is 3.28. The number of rotatable bonds is 4. The van der Waals surface area contributed by atoms with Crippen molar-refractivity contribution in [1.82, 2.24) is 4.98 Å². The molecular formula is C19H17N3O. The van der Waals surface area contributed by atoms with Gasteiger partial charge in [-0.25, -0.2) is 4.98 Å². The van der Waals surface area contributed by atoms with Crippen LogP contribution in [0.5, 0.6) is 0 Å². The molecule has 114 valence electrons. The van der Waals surface area contributed by atoms with E-state index in [2.05, 4.69) is 10.3 Å². The Morgan fingerprint density at radius 2 is 1.65 bits per heavy atom. The van der Waals surface area contributed by atoms with Crippen molar-refractivity contribution in [2.75, 3.05) is 11.1 Å². The molecule has 3 aromatic rings. The summed E-state index contributed by atoms with van der Waals surface area (Å²) in [4.78, 5) is 15.8. The first-order chi connectivity index (χ1) is 11.2. The normalized spacial score (nSPS) is 10.3. The molecule has 1 heterocycles. The van der Waals surface area contributed by atoms with Gasteiger partial charge in [-0.15, -0.1) is 0 Å². The van der Waals surface area contributed by atoms with E-state index in [0.29, 0.717) is 17.1 Å². The number of carbonyl (C=O) groups is 1. The van der Waals surface area contributed by atoms with Gasteiger partial charge in [0.15, 0.2) is 12.1 Å². The molecule has 1 aromatic heterocycles. The summed E-state index contributed by atoms with van der Waals surface area (Å²) in [7, 11) is 0. The van der Waals surface area contributed by atoms with Crippen molar-refractivity contribution < 1.29 is 4.79 Å². The van der Waals surface area contributed by atoms with Crippen LogP contribution in [0.15, 0.2) is 60.7 Å². The molecule has 0 aliphatic rings. The van der Waals surface area contributed by atoms with Gasteiger partial charge in [0.2, 0.25) is 0 Å². The Morgan fingerprint density at radius 3 is 2.43 bits per heavy atom. The van der Waals surface area contributed by atoms with Crippen LogP contribution in [0.4, 0.5) is 17.2 Å². The Balaban J connectivity index is 2.08. The molecule has 3 N–H and O–H groups in total. The maximum atomic E-state index is 11.3. The van der Waals surface area contributed by atoms with Gasteiger partial charge in [-0.3, -0.25) is 4.79 Å². The number of aryl methyl sites for hydroxylation is 1. The monoisotopic (exact) mass is 303 g/mol. The van der Waals surface area contributed by atoms with E-state index >= 15 is 0 Å². The number of aromatic nitrogens is 1. The molecule has 0 unspecified atom stereocenters. The van der Waals surface area contributed by atoms with Crippen molar-refractivity contribution in [3.63, 3.8) is 0 Å². The van der Waals surface area contributed by atoms with E-state index in [-0.39, 0.29) is 0 Å². The highest BCUT2D eigenvalue weighted by atomic mass is 16.1. The SMILES string of the molecule is Cc1ccc(N)c(Nc2ccccc2-c2ccccc2C=O)n1. The van der Waals surface area contributed by atoms with Crippen LogP contribution in [0.3, 0.4) is 0 Å². The maximum absolute atomic E-state index is 11.3. The molecule has 3 rings (SSSR count). The summed E-state index contributed by atoms with van der Waals surface area (Å²) >= 11 is 0. The fourth-order valence-electron chi connectivity index (χ4n) is 2.47. The fraction of sp³-hybridized carbons (Fsp3) is 0.0526. The summed E-state index contributed by atoms with van der Waals surface area (Å²) < 4.78 is 0. The topological polar surface area (TPSA) is 68.0 Å². The van der Waals surface area contributed by atoms with Crippen molar-refractivity contribution in [2.45, 2.75) is 6.92 Å². The van der Waals surface area contributed by atoms with Crippen LogP contribution in [0, 0.1) is 6.92 Å². The lowest BCUT2D eigenvalue weighted by atomic mass is 9.99. The molecule has 0 fully saturated rings. The third-order valence-electron chi connectivity index (χ3n) is 3.62. The molecule has 0 spiro atoms. The van der Waals surface area contributed by atoms with E-state index in [1.807, 2.05) is 61.5 Å². The quantitative estimate of drug-likeness (QED) is 0.709. The molecule has 0 aliphatic carbocycles. The number of anilines is 3. The van der Waals surface area contributed by atoms with Crippen molar-refractivity contribution >= 4 is 23.5 Å². The van der Waals surface area contributed by atoms with E-state index < -0.39 is 0 Å². The molecule has 4 heteroatoms. The highest BCUT2D eigenvalue weighted by molar-refractivity contribution is 5.92. The number of aldehydes is 1. The summed E-state index contributed by atoms with van der Waals surface area (Å²) in [6, 6.07) is 19.0. The Hall–Kier alpha value is -3.14. The van der Waals surface area contributed by atoms with E-state index in [9.17, 15) is 4.79 Å². The molecule has 4 nitrogen and oxygen atoms in total. The minimum Gasteiger partial charge on any atom is -0.396 e. The van der Waals surface area contributed by atoms with Crippen LogP contribution in [0.1, 0.15) is 16.1 Å². The molecule has 0 saturated carbocycles. The van der Waals surface area contributed by atoms with Crippen molar-refractivity contribution in [3.8, 4) is 11.1 Å². The van der Waals surface area contributed by atoms with E-state index in [0.717, 1.165) is 28.8 Å². The number of para-hydroxylation sites is 1. The number of hydrogen-bond acceptors (Lipinski definition) is 4. The Labute approximate surface area is 135 Å². The molecular weight excluding hydrogens is 286 g/mol. The predicted octanol–water partition coefficient (Wildman–Crippen LogP) is 4.20.